The van der Waals surface area contributed by atoms with Crippen LogP contribution in [0.5, 0.6) is 0 Å². The van der Waals surface area contributed by atoms with Gasteiger partial charge in [-0.1, -0.05) is 29.8 Å². The SMILES string of the molecule is CC1N=C(c2ccccc2F)c2cc(Cl)ccc2N(Cc2cc(=O)n3ccccc3n2)C1=O. The van der Waals surface area contributed by atoms with Gasteiger partial charge in [-0.25, -0.2) is 9.37 Å². The molecule has 2 aromatic heterocycles. The van der Waals surface area contributed by atoms with Gasteiger partial charge in [0.1, 0.15) is 17.5 Å². The molecule has 1 atom stereocenters. The Kier molecular flexibility index (Phi) is 5.26. The molecule has 8 heteroatoms. The average molecular weight is 461 g/mol. The van der Waals surface area contributed by atoms with Gasteiger partial charge in [-0.05, 0) is 49.4 Å². The van der Waals surface area contributed by atoms with Crippen LogP contribution in [0.2, 0.25) is 5.02 Å². The second-order valence-corrected chi connectivity index (χ2v) is 8.17. The third kappa shape index (κ3) is 3.81. The number of benzene rings is 2. The summed E-state index contributed by atoms with van der Waals surface area (Å²) in [5.41, 5.74) is 2.35. The van der Waals surface area contributed by atoms with Gasteiger partial charge in [0.25, 0.3) is 11.5 Å². The van der Waals surface area contributed by atoms with Crippen molar-refractivity contribution in [1.82, 2.24) is 9.38 Å². The maximum absolute atomic E-state index is 14.7. The highest BCUT2D eigenvalue weighted by Crippen LogP contribution is 2.32. The highest BCUT2D eigenvalue weighted by molar-refractivity contribution is 6.32. The predicted octanol–water partition coefficient (Wildman–Crippen LogP) is 4.26. The van der Waals surface area contributed by atoms with E-state index in [1.54, 1.807) is 67.7 Å². The quantitative estimate of drug-likeness (QED) is 0.459. The van der Waals surface area contributed by atoms with Crippen molar-refractivity contribution in [2.24, 2.45) is 4.99 Å². The summed E-state index contributed by atoms with van der Waals surface area (Å²) in [6.07, 6.45) is 1.64. The van der Waals surface area contributed by atoms with Gasteiger partial charge in [0.15, 0.2) is 0 Å². The molecule has 4 aromatic rings. The fraction of sp³-hybridized carbons (Fsp3) is 0.120. The number of fused-ring (bicyclic) bond motifs is 2. The molecule has 0 aliphatic carbocycles. The van der Waals surface area contributed by atoms with Crippen molar-refractivity contribution >= 4 is 34.6 Å². The van der Waals surface area contributed by atoms with Gasteiger partial charge in [0.05, 0.1) is 23.6 Å². The normalized spacial score (nSPS) is 15.8. The van der Waals surface area contributed by atoms with Gasteiger partial charge in [-0.15, -0.1) is 0 Å². The van der Waals surface area contributed by atoms with E-state index >= 15 is 0 Å². The lowest BCUT2D eigenvalue weighted by Crippen LogP contribution is -2.36. The maximum atomic E-state index is 14.7. The molecule has 5 rings (SSSR count). The summed E-state index contributed by atoms with van der Waals surface area (Å²) in [6, 6.07) is 17.2. The molecule has 1 amide bonds. The van der Waals surface area contributed by atoms with Crippen molar-refractivity contribution in [2.75, 3.05) is 4.90 Å². The number of rotatable bonds is 3. The zero-order chi connectivity index (χ0) is 23.1. The van der Waals surface area contributed by atoms with Gasteiger partial charge < -0.3 is 4.90 Å². The summed E-state index contributed by atoms with van der Waals surface area (Å²) in [6.45, 7) is 1.71. The van der Waals surface area contributed by atoms with Crippen molar-refractivity contribution in [2.45, 2.75) is 19.5 Å². The van der Waals surface area contributed by atoms with E-state index in [9.17, 15) is 14.0 Å². The first-order valence-corrected chi connectivity index (χ1v) is 10.7. The second-order valence-electron chi connectivity index (χ2n) is 7.73. The van der Waals surface area contributed by atoms with Crippen LogP contribution in [0.25, 0.3) is 5.65 Å². The Morgan fingerprint density at radius 1 is 1.00 bits per heavy atom. The topological polar surface area (TPSA) is 67.0 Å². The van der Waals surface area contributed by atoms with Gasteiger partial charge in [-0.2, -0.15) is 0 Å². The number of benzodiazepines with no additional fused rings is 1. The number of hydrogen-bond donors (Lipinski definition) is 0. The Labute approximate surface area is 193 Å². The first-order chi connectivity index (χ1) is 15.9. The molecule has 1 aliphatic rings. The molecule has 6 nitrogen and oxygen atoms in total. The molecule has 0 saturated carbocycles. The Morgan fingerprint density at radius 3 is 2.61 bits per heavy atom. The van der Waals surface area contributed by atoms with Crippen molar-refractivity contribution < 1.29 is 9.18 Å². The Bertz CT molecular complexity index is 1500. The summed E-state index contributed by atoms with van der Waals surface area (Å²) < 4.78 is 16.1. The highest BCUT2D eigenvalue weighted by atomic mass is 35.5. The van der Waals surface area contributed by atoms with Gasteiger partial charge in [0.2, 0.25) is 0 Å². The van der Waals surface area contributed by atoms with Crippen LogP contribution >= 0.6 is 11.6 Å². The van der Waals surface area contributed by atoms with Crippen LogP contribution in [0, 0.1) is 5.82 Å². The lowest BCUT2D eigenvalue weighted by atomic mass is 9.99. The summed E-state index contributed by atoms with van der Waals surface area (Å²) >= 11 is 6.28. The summed E-state index contributed by atoms with van der Waals surface area (Å²) in [7, 11) is 0. The molecule has 164 valence electrons. The van der Waals surface area contributed by atoms with Crippen molar-refractivity contribution in [3.8, 4) is 0 Å². The fourth-order valence-electron chi connectivity index (χ4n) is 3.97. The van der Waals surface area contributed by atoms with Gasteiger partial charge in [0, 0.05) is 28.4 Å². The minimum atomic E-state index is -0.785. The van der Waals surface area contributed by atoms with Crippen molar-refractivity contribution in [3.05, 3.63) is 111 Å². The molecule has 0 bridgehead atoms. The summed E-state index contributed by atoms with van der Waals surface area (Å²) in [4.78, 5) is 36.6. The van der Waals surface area contributed by atoms with Crippen LogP contribution in [0.15, 0.2) is 82.7 Å². The molecule has 0 N–H and O–H groups in total. The lowest BCUT2D eigenvalue weighted by molar-refractivity contribution is -0.119. The van der Waals surface area contributed by atoms with Crippen LogP contribution < -0.4 is 10.5 Å². The lowest BCUT2D eigenvalue weighted by Gasteiger charge is -2.24. The number of hydrogen-bond acceptors (Lipinski definition) is 4. The Balaban J connectivity index is 1.66. The molecular formula is C25H18ClFN4O2. The van der Waals surface area contributed by atoms with Crippen LogP contribution in [0.4, 0.5) is 10.1 Å². The molecule has 0 spiro atoms. The molecular weight excluding hydrogens is 443 g/mol. The zero-order valence-electron chi connectivity index (χ0n) is 17.6. The smallest absolute Gasteiger partial charge is 0.258 e. The van der Waals surface area contributed by atoms with E-state index in [4.69, 9.17) is 11.6 Å². The van der Waals surface area contributed by atoms with Crippen molar-refractivity contribution in [1.29, 1.82) is 0 Å². The first kappa shape index (κ1) is 21.0. The van der Waals surface area contributed by atoms with E-state index in [-0.39, 0.29) is 23.6 Å². The minimum absolute atomic E-state index is 0.0541. The van der Waals surface area contributed by atoms with E-state index in [0.29, 0.717) is 33.3 Å². The Morgan fingerprint density at radius 2 is 1.79 bits per heavy atom. The molecule has 33 heavy (non-hydrogen) atoms. The van der Waals surface area contributed by atoms with Crippen LogP contribution in [0.3, 0.4) is 0 Å². The number of halogens is 2. The van der Waals surface area contributed by atoms with E-state index in [2.05, 4.69) is 9.98 Å². The van der Waals surface area contributed by atoms with Crippen LogP contribution in [-0.4, -0.2) is 27.0 Å². The zero-order valence-corrected chi connectivity index (χ0v) is 18.3. The molecule has 0 radical (unpaired) electrons. The van der Waals surface area contributed by atoms with Gasteiger partial charge in [-0.3, -0.25) is 19.0 Å². The number of carbonyl (C=O) groups excluding carboxylic acids is 1. The Hall–Kier alpha value is -3.84. The van der Waals surface area contributed by atoms with Crippen molar-refractivity contribution in [3.63, 3.8) is 0 Å². The number of anilines is 1. The van der Waals surface area contributed by atoms with Crippen LogP contribution in [0.1, 0.15) is 23.7 Å². The minimum Gasteiger partial charge on any atom is -0.304 e. The van der Waals surface area contributed by atoms with E-state index in [1.165, 1.54) is 21.4 Å². The molecule has 3 heterocycles. The third-order valence-corrected chi connectivity index (χ3v) is 5.76. The second kappa shape index (κ2) is 8.26. The number of aromatic nitrogens is 2. The monoisotopic (exact) mass is 460 g/mol. The predicted molar refractivity (Wildman–Crippen MR) is 126 cm³/mol. The van der Waals surface area contributed by atoms with E-state index in [0.717, 1.165) is 0 Å². The molecule has 0 fully saturated rings. The maximum Gasteiger partial charge on any atom is 0.258 e. The van der Waals surface area contributed by atoms with Crippen LogP contribution in [-0.2, 0) is 11.3 Å². The first-order valence-electron chi connectivity index (χ1n) is 10.3. The van der Waals surface area contributed by atoms with E-state index < -0.39 is 11.9 Å². The summed E-state index contributed by atoms with van der Waals surface area (Å²) in [5, 5.41) is 0.432. The molecule has 0 saturated heterocycles. The molecule has 1 unspecified atom stereocenters. The number of pyridine rings is 1. The molecule has 2 aromatic carbocycles. The number of amides is 1. The largest absolute Gasteiger partial charge is 0.304 e. The number of nitrogens with zero attached hydrogens (tertiary/aromatic N) is 4. The van der Waals surface area contributed by atoms with Gasteiger partial charge >= 0.3 is 0 Å². The fourth-order valence-corrected chi connectivity index (χ4v) is 4.15. The molecule has 1 aliphatic heterocycles. The summed E-state index contributed by atoms with van der Waals surface area (Å²) in [5.74, 6) is -0.737. The highest BCUT2D eigenvalue weighted by Gasteiger charge is 2.31. The number of carbonyl (C=O) groups is 1. The number of aliphatic imine (C=N–C) groups is 1. The average Bonchev–Trinajstić information content (AvgIpc) is 2.90. The standard InChI is InChI=1S/C25H18ClFN4O2/c1-15-25(33)31(14-17-13-23(32)30-11-5-4-8-22(30)29-17)21-10-9-16(26)12-19(21)24(28-15)18-6-2-3-7-20(18)27/h2-13,15H,14H2,1H3. The van der Waals surface area contributed by atoms with E-state index in [1.807, 2.05) is 0 Å². The third-order valence-electron chi connectivity index (χ3n) is 5.52.